The second-order valence-electron chi connectivity index (χ2n) is 5.46. The van der Waals surface area contributed by atoms with Crippen LogP contribution in [0.2, 0.25) is 0 Å². The summed E-state index contributed by atoms with van der Waals surface area (Å²) in [4.78, 5) is 0. The minimum absolute atomic E-state index is 0.0962. The summed E-state index contributed by atoms with van der Waals surface area (Å²) in [5, 5.41) is 9.61. The van der Waals surface area contributed by atoms with Crippen LogP contribution in [0.1, 0.15) is 31.9 Å². The van der Waals surface area contributed by atoms with E-state index in [4.69, 9.17) is 4.74 Å². The Morgan fingerprint density at radius 3 is 2.47 bits per heavy atom. The van der Waals surface area contributed by atoms with Gasteiger partial charge >= 0.3 is 0 Å². The molecule has 0 spiro atoms. The van der Waals surface area contributed by atoms with E-state index in [-0.39, 0.29) is 12.0 Å². The molecule has 1 unspecified atom stereocenters. The number of hydrogen-bond acceptors (Lipinski definition) is 2. The van der Waals surface area contributed by atoms with Crippen LogP contribution in [0.25, 0.3) is 0 Å². The first kappa shape index (κ1) is 14.0. The summed E-state index contributed by atoms with van der Waals surface area (Å²) in [6, 6.07) is 6.20. The van der Waals surface area contributed by atoms with E-state index in [0.717, 1.165) is 12.2 Å². The molecule has 1 rings (SSSR count). The highest BCUT2D eigenvalue weighted by Crippen LogP contribution is 2.34. The van der Waals surface area contributed by atoms with Crippen LogP contribution in [0.5, 0.6) is 5.75 Å². The van der Waals surface area contributed by atoms with E-state index in [1.54, 1.807) is 7.11 Å². The molecule has 0 radical (unpaired) electrons. The molecule has 2 heteroatoms. The Balaban J connectivity index is 3.04. The van der Waals surface area contributed by atoms with Gasteiger partial charge in [0.05, 0.1) is 7.11 Å². The van der Waals surface area contributed by atoms with Crippen molar-refractivity contribution >= 4 is 0 Å². The van der Waals surface area contributed by atoms with Crippen molar-refractivity contribution in [3.63, 3.8) is 0 Å². The van der Waals surface area contributed by atoms with Crippen LogP contribution in [0.15, 0.2) is 18.2 Å². The molecule has 1 N–H and O–H groups in total. The number of aliphatic hydroxyl groups is 1. The summed E-state index contributed by atoms with van der Waals surface area (Å²) in [6.07, 6.45) is 0.839. The minimum atomic E-state index is -0.0962. The van der Waals surface area contributed by atoms with Gasteiger partial charge in [0, 0.05) is 6.61 Å². The fourth-order valence-electron chi connectivity index (χ4n) is 1.92. The molecule has 0 bridgehead atoms. The van der Waals surface area contributed by atoms with Gasteiger partial charge in [0.2, 0.25) is 0 Å². The average molecular weight is 236 g/mol. The Kier molecular flexibility index (Phi) is 4.58. The summed E-state index contributed by atoms with van der Waals surface area (Å²) in [5.74, 6) is 1.34. The van der Waals surface area contributed by atoms with Crippen LogP contribution in [-0.4, -0.2) is 18.8 Å². The molecule has 0 aromatic heterocycles. The van der Waals surface area contributed by atoms with E-state index in [9.17, 15) is 5.11 Å². The number of ether oxygens (including phenoxy) is 1. The number of aliphatic hydroxyl groups excluding tert-OH is 1. The summed E-state index contributed by atoms with van der Waals surface area (Å²) in [6.45, 7) is 8.70. The third-order valence-corrected chi connectivity index (χ3v) is 3.79. The number of methoxy groups -OCH3 is 1. The molecule has 0 saturated heterocycles. The Morgan fingerprint density at radius 1 is 1.35 bits per heavy atom. The molecule has 2 nitrogen and oxygen atoms in total. The Bertz CT molecular complexity index is 371. The summed E-state index contributed by atoms with van der Waals surface area (Å²) >= 11 is 0. The van der Waals surface area contributed by atoms with Gasteiger partial charge in [-0.3, -0.25) is 0 Å². The molecule has 0 aliphatic heterocycles. The van der Waals surface area contributed by atoms with Gasteiger partial charge in [-0.25, -0.2) is 0 Å². The number of benzene rings is 1. The monoisotopic (exact) mass is 236 g/mol. The molecular weight excluding hydrogens is 212 g/mol. The fourth-order valence-corrected chi connectivity index (χ4v) is 1.92. The van der Waals surface area contributed by atoms with Gasteiger partial charge in [-0.05, 0) is 36.3 Å². The molecule has 0 amide bonds. The second-order valence-corrected chi connectivity index (χ2v) is 5.46. The lowest BCUT2D eigenvalue weighted by Crippen LogP contribution is -2.30. The molecule has 1 aromatic rings. The molecule has 0 saturated carbocycles. The highest BCUT2D eigenvalue weighted by atomic mass is 16.5. The third-order valence-electron chi connectivity index (χ3n) is 3.79. The number of hydrogen-bond donors (Lipinski definition) is 1. The van der Waals surface area contributed by atoms with Gasteiger partial charge in [0.1, 0.15) is 5.75 Å². The zero-order chi connectivity index (χ0) is 13.1. The largest absolute Gasteiger partial charge is 0.496 e. The van der Waals surface area contributed by atoms with Crippen molar-refractivity contribution in [1.82, 2.24) is 0 Å². The maximum absolute atomic E-state index is 9.61. The zero-order valence-electron chi connectivity index (χ0n) is 11.6. The van der Waals surface area contributed by atoms with Gasteiger partial charge in [-0.1, -0.05) is 38.5 Å². The second kappa shape index (κ2) is 5.54. The summed E-state index contributed by atoms with van der Waals surface area (Å²) in [7, 11) is 1.69. The maximum atomic E-state index is 9.61. The summed E-state index contributed by atoms with van der Waals surface area (Å²) in [5.41, 5.74) is 2.31. The highest BCUT2D eigenvalue weighted by Gasteiger charge is 2.28. The van der Waals surface area contributed by atoms with Crippen molar-refractivity contribution in [2.45, 2.75) is 34.1 Å². The molecule has 0 fully saturated rings. The SMILES string of the molecule is COc1ccc(C)cc1CC(C)(CO)C(C)C. The highest BCUT2D eigenvalue weighted by molar-refractivity contribution is 5.37. The van der Waals surface area contributed by atoms with Gasteiger partial charge < -0.3 is 9.84 Å². The first-order chi connectivity index (χ1) is 7.92. The first-order valence-corrected chi connectivity index (χ1v) is 6.17. The first-order valence-electron chi connectivity index (χ1n) is 6.17. The lowest BCUT2D eigenvalue weighted by Gasteiger charge is -2.32. The molecule has 96 valence electrons. The fraction of sp³-hybridized carbons (Fsp3) is 0.600. The Labute approximate surface area is 105 Å². The van der Waals surface area contributed by atoms with Crippen molar-refractivity contribution < 1.29 is 9.84 Å². The van der Waals surface area contributed by atoms with E-state index in [1.807, 2.05) is 12.1 Å². The normalized spacial score (nSPS) is 14.8. The van der Waals surface area contributed by atoms with Crippen molar-refractivity contribution in [3.8, 4) is 5.75 Å². The van der Waals surface area contributed by atoms with Crippen molar-refractivity contribution in [3.05, 3.63) is 29.3 Å². The van der Waals surface area contributed by atoms with Crippen molar-refractivity contribution in [2.24, 2.45) is 11.3 Å². The zero-order valence-corrected chi connectivity index (χ0v) is 11.6. The third kappa shape index (κ3) is 3.22. The van der Waals surface area contributed by atoms with Crippen LogP contribution in [0.3, 0.4) is 0 Å². The number of aryl methyl sites for hydroxylation is 1. The van der Waals surface area contributed by atoms with E-state index in [1.165, 1.54) is 11.1 Å². The smallest absolute Gasteiger partial charge is 0.122 e. The van der Waals surface area contributed by atoms with E-state index < -0.39 is 0 Å². The Hall–Kier alpha value is -1.02. The van der Waals surface area contributed by atoms with Gasteiger partial charge in [0.25, 0.3) is 0 Å². The van der Waals surface area contributed by atoms with E-state index in [2.05, 4.69) is 33.8 Å². The molecule has 17 heavy (non-hydrogen) atoms. The van der Waals surface area contributed by atoms with Crippen LogP contribution in [-0.2, 0) is 6.42 Å². The van der Waals surface area contributed by atoms with Crippen molar-refractivity contribution in [1.29, 1.82) is 0 Å². The van der Waals surface area contributed by atoms with E-state index >= 15 is 0 Å². The predicted octanol–water partition coefficient (Wildman–Crippen LogP) is 3.20. The Morgan fingerprint density at radius 2 is 2.00 bits per heavy atom. The molecular formula is C15H24O2. The lowest BCUT2D eigenvalue weighted by atomic mass is 9.75. The van der Waals surface area contributed by atoms with Gasteiger partial charge in [-0.15, -0.1) is 0 Å². The molecule has 1 aromatic carbocycles. The van der Waals surface area contributed by atoms with E-state index in [0.29, 0.717) is 5.92 Å². The predicted molar refractivity (Wildman–Crippen MR) is 71.5 cm³/mol. The van der Waals surface area contributed by atoms with Crippen LogP contribution >= 0.6 is 0 Å². The molecule has 0 aliphatic rings. The average Bonchev–Trinajstić information content (AvgIpc) is 2.29. The standard InChI is InChI=1S/C15H24O2/c1-11(2)15(4,10-16)9-13-8-12(3)6-7-14(13)17-5/h6-8,11,16H,9-10H2,1-5H3. The molecule has 0 heterocycles. The van der Waals surface area contributed by atoms with Crippen LogP contribution in [0.4, 0.5) is 0 Å². The quantitative estimate of drug-likeness (QED) is 0.850. The summed E-state index contributed by atoms with van der Waals surface area (Å²) < 4.78 is 5.39. The minimum Gasteiger partial charge on any atom is -0.496 e. The topological polar surface area (TPSA) is 29.5 Å². The molecule has 1 atom stereocenters. The van der Waals surface area contributed by atoms with Crippen LogP contribution < -0.4 is 4.74 Å². The van der Waals surface area contributed by atoms with Gasteiger partial charge in [-0.2, -0.15) is 0 Å². The maximum Gasteiger partial charge on any atom is 0.122 e. The van der Waals surface area contributed by atoms with Crippen LogP contribution in [0, 0.1) is 18.3 Å². The number of rotatable bonds is 5. The van der Waals surface area contributed by atoms with Gasteiger partial charge in [0.15, 0.2) is 0 Å². The molecule has 0 aliphatic carbocycles. The van der Waals surface area contributed by atoms with Crippen molar-refractivity contribution in [2.75, 3.05) is 13.7 Å². The lowest BCUT2D eigenvalue weighted by molar-refractivity contribution is 0.0941.